The number of rotatable bonds is 6. The summed E-state index contributed by atoms with van der Waals surface area (Å²) < 4.78 is 36.4. The van der Waals surface area contributed by atoms with Gasteiger partial charge in [-0.25, -0.2) is 12.8 Å². The Morgan fingerprint density at radius 3 is 2.62 bits per heavy atom. The second-order valence-corrected chi connectivity index (χ2v) is 8.07. The third kappa shape index (κ3) is 5.02. The van der Waals surface area contributed by atoms with Crippen LogP contribution in [0.1, 0.15) is 18.9 Å². The van der Waals surface area contributed by atoms with E-state index in [1.807, 2.05) is 0 Å². The molecule has 1 aliphatic heterocycles. The fourth-order valence-electron chi connectivity index (χ4n) is 2.65. The molecule has 1 aliphatic rings. The highest BCUT2D eigenvalue weighted by molar-refractivity contribution is 7.91. The Morgan fingerprint density at radius 2 is 2.04 bits per heavy atom. The Labute approximate surface area is 140 Å². The van der Waals surface area contributed by atoms with Crippen LogP contribution in [0, 0.1) is 5.82 Å². The van der Waals surface area contributed by atoms with Crippen molar-refractivity contribution in [3.05, 3.63) is 35.6 Å². The van der Waals surface area contributed by atoms with Crippen LogP contribution in [0.25, 0.3) is 0 Å². The Morgan fingerprint density at radius 1 is 1.33 bits per heavy atom. The van der Waals surface area contributed by atoms with Crippen LogP contribution in [0.3, 0.4) is 0 Å². The molecule has 24 heavy (non-hydrogen) atoms. The molecule has 0 aliphatic carbocycles. The number of carbonyl (C=O) groups excluding carboxylic acids is 2. The van der Waals surface area contributed by atoms with Crippen molar-refractivity contribution in [3.8, 4) is 0 Å². The first-order valence-electron chi connectivity index (χ1n) is 7.81. The lowest BCUT2D eigenvalue weighted by Crippen LogP contribution is -2.45. The van der Waals surface area contributed by atoms with Crippen LogP contribution < -0.4 is 5.32 Å². The highest BCUT2D eigenvalue weighted by Gasteiger charge is 2.29. The zero-order valence-electron chi connectivity index (χ0n) is 13.5. The number of hydrogen-bond acceptors (Lipinski definition) is 4. The number of nitrogens with one attached hydrogen (secondary N) is 1. The van der Waals surface area contributed by atoms with Gasteiger partial charge in [-0.3, -0.25) is 9.59 Å². The van der Waals surface area contributed by atoms with E-state index >= 15 is 0 Å². The van der Waals surface area contributed by atoms with Gasteiger partial charge in [0.2, 0.25) is 11.8 Å². The summed E-state index contributed by atoms with van der Waals surface area (Å²) in [5.41, 5.74) is 0.281. The normalized spacial score (nSPS) is 19.0. The Hall–Kier alpha value is -1.96. The highest BCUT2D eigenvalue weighted by atomic mass is 32.2. The number of carbonyl (C=O) groups is 2. The molecule has 1 fully saturated rings. The summed E-state index contributed by atoms with van der Waals surface area (Å²) in [5.74, 6) is -1.20. The summed E-state index contributed by atoms with van der Waals surface area (Å²) in [6.45, 7) is 1.87. The summed E-state index contributed by atoms with van der Waals surface area (Å²) in [6.07, 6.45) is 0.273. The van der Waals surface area contributed by atoms with Gasteiger partial charge in [0.15, 0.2) is 9.84 Å². The van der Waals surface area contributed by atoms with Crippen LogP contribution in [0.15, 0.2) is 24.3 Å². The predicted molar refractivity (Wildman–Crippen MR) is 87.6 cm³/mol. The summed E-state index contributed by atoms with van der Waals surface area (Å²) in [4.78, 5) is 25.6. The zero-order chi connectivity index (χ0) is 17.7. The maximum absolute atomic E-state index is 13.6. The van der Waals surface area contributed by atoms with E-state index in [0.717, 1.165) is 0 Å². The molecule has 0 bridgehead atoms. The molecule has 0 saturated carbocycles. The summed E-state index contributed by atoms with van der Waals surface area (Å²) >= 11 is 0. The number of amides is 2. The number of halogens is 1. The van der Waals surface area contributed by atoms with E-state index in [0.29, 0.717) is 13.0 Å². The predicted octanol–water partition coefficient (Wildman–Crippen LogP) is 0.520. The van der Waals surface area contributed by atoms with E-state index in [4.69, 9.17) is 0 Å². The first kappa shape index (κ1) is 18.4. The Kier molecular flexibility index (Phi) is 5.93. The van der Waals surface area contributed by atoms with Crippen LogP contribution in [-0.4, -0.2) is 55.8 Å². The molecule has 1 N–H and O–H groups in total. The number of hydrogen-bond donors (Lipinski definition) is 1. The van der Waals surface area contributed by atoms with Crippen molar-refractivity contribution >= 4 is 21.7 Å². The maximum atomic E-state index is 13.6. The quantitative estimate of drug-likeness (QED) is 0.805. The van der Waals surface area contributed by atoms with Gasteiger partial charge in [-0.15, -0.1) is 0 Å². The minimum Gasteiger partial charge on any atom is -0.351 e. The van der Waals surface area contributed by atoms with Gasteiger partial charge >= 0.3 is 0 Å². The Bertz CT molecular complexity index is 721. The standard InChI is InChI=1S/C16H21FN2O4S/c1-2-19(16(21)9-12-5-3-4-6-14(12)17)10-15(20)18-13-7-8-24(22,23)11-13/h3-6,13H,2,7-11H2,1H3,(H,18,20). The van der Waals surface area contributed by atoms with Crippen LogP contribution in [0.2, 0.25) is 0 Å². The SMILES string of the molecule is CCN(CC(=O)NC1CCS(=O)(=O)C1)C(=O)Cc1ccccc1F. The number of benzene rings is 1. The second kappa shape index (κ2) is 7.74. The third-order valence-electron chi connectivity index (χ3n) is 3.97. The van der Waals surface area contributed by atoms with Crippen molar-refractivity contribution in [1.29, 1.82) is 0 Å². The van der Waals surface area contributed by atoms with Gasteiger partial charge in [-0.05, 0) is 25.0 Å². The maximum Gasteiger partial charge on any atom is 0.239 e. The first-order chi connectivity index (χ1) is 11.3. The first-order valence-corrected chi connectivity index (χ1v) is 9.64. The lowest BCUT2D eigenvalue weighted by Gasteiger charge is -2.21. The average Bonchev–Trinajstić information content (AvgIpc) is 2.85. The van der Waals surface area contributed by atoms with E-state index in [1.165, 1.54) is 17.0 Å². The molecular formula is C16H21FN2O4S. The van der Waals surface area contributed by atoms with Crippen molar-refractivity contribution < 1.29 is 22.4 Å². The molecule has 0 aromatic heterocycles. The molecule has 1 heterocycles. The number of nitrogens with zero attached hydrogens (tertiary/aromatic N) is 1. The van der Waals surface area contributed by atoms with Crippen molar-refractivity contribution in [3.63, 3.8) is 0 Å². The molecular weight excluding hydrogens is 335 g/mol. The molecule has 2 rings (SSSR count). The van der Waals surface area contributed by atoms with Gasteiger partial charge < -0.3 is 10.2 Å². The van der Waals surface area contributed by atoms with Crippen LogP contribution in [0.5, 0.6) is 0 Å². The fraction of sp³-hybridized carbons (Fsp3) is 0.500. The summed E-state index contributed by atoms with van der Waals surface area (Å²) in [7, 11) is -3.07. The van der Waals surface area contributed by atoms with E-state index in [9.17, 15) is 22.4 Å². The largest absolute Gasteiger partial charge is 0.351 e. The molecule has 1 aromatic carbocycles. The zero-order valence-corrected chi connectivity index (χ0v) is 14.3. The molecule has 8 heteroatoms. The smallest absolute Gasteiger partial charge is 0.239 e. The second-order valence-electron chi connectivity index (χ2n) is 5.84. The van der Waals surface area contributed by atoms with E-state index in [2.05, 4.69) is 5.32 Å². The van der Waals surface area contributed by atoms with Crippen LogP contribution in [-0.2, 0) is 25.8 Å². The molecule has 2 amide bonds. The van der Waals surface area contributed by atoms with Gasteiger partial charge in [0.25, 0.3) is 0 Å². The van der Waals surface area contributed by atoms with E-state index in [1.54, 1.807) is 19.1 Å². The molecule has 6 nitrogen and oxygen atoms in total. The summed E-state index contributed by atoms with van der Waals surface area (Å²) in [6, 6.07) is 5.61. The number of likely N-dealkylation sites (N-methyl/N-ethyl adjacent to an activating group) is 1. The third-order valence-corrected chi connectivity index (χ3v) is 5.73. The van der Waals surface area contributed by atoms with Gasteiger partial charge in [0.05, 0.1) is 24.5 Å². The van der Waals surface area contributed by atoms with E-state index in [-0.39, 0.29) is 35.9 Å². The van der Waals surface area contributed by atoms with E-state index < -0.39 is 27.6 Å². The Balaban J connectivity index is 1.90. The molecule has 132 valence electrons. The molecule has 0 spiro atoms. The van der Waals surface area contributed by atoms with Gasteiger partial charge in [-0.1, -0.05) is 18.2 Å². The molecule has 1 aromatic rings. The highest BCUT2D eigenvalue weighted by Crippen LogP contribution is 2.12. The van der Waals surface area contributed by atoms with Crippen LogP contribution >= 0.6 is 0 Å². The fourth-order valence-corrected chi connectivity index (χ4v) is 4.32. The molecule has 0 radical (unpaired) electrons. The lowest BCUT2D eigenvalue weighted by molar-refractivity contribution is -0.135. The molecule has 1 saturated heterocycles. The van der Waals surface area contributed by atoms with Gasteiger partial charge in [0, 0.05) is 12.6 Å². The molecule has 1 atom stereocenters. The van der Waals surface area contributed by atoms with Crippen molar-refractivity contribution in [1.82, 2.24) is 10.2 Å². The van der Waals surface area contributed by atoms with Gasteiger partial charge in [-0.2, -0.15) is 0 Å². The minimum absolute atomic E-state index is 0.0615. The summed E-state index contributed by atoms with van der Waals surface area (Å²) in [5, 5.41) is 2.64. The van der Waals surface area contributed by atoms with Crippen molar-refractivity contribution in [2.75, 3.05) is 24.6 Å². The average molecular weight is 356 g/mol. The van der Waals surface area contributed by atoms with Crippen molar-refractivity contribution in [2.45, 2.75) is 25.8 Å². The number of sulfone groups is 1. The van der Waals surface area contributed by atoms with Crippen molar-refractivity contribution in [2.24, 2.45) is 0 Å². The molecule has 1 unspecified atom stereocenters. The van der Waals surface area contributed by atoms with Crippen LogP contribution in [0.4, 0.5) is 4.39 Å². The topological polar surface area (TPSA) is 83.6 Å². The minimum atomic E-state index is -3.07. The lowest BCUT2D eigenvalue weighted by atomic mass is 10.1. The monoisotopic (exact) mass is 356 g/mol. The van der Waals surface area contributed by atoms with Gasteiger partial charge in [0.1, 0.15) is 5.82 Å².